The molecule has 0 aromatic heterocycles. The molecule has 0 unspecified atom stereocenters. The molecule has 0 saturated heterocycles. The number of halogens is 1. The predicted octanol–water partition coefficient (Wildman–Crippen LogP) is 3.13. The van der Waals surface area contributed by atoms with Gasteiger partial charge in [-0.3, -0.25) is 4.79 Å². The summed E-state index contributed by atoms with van der Waals surface area (Å²) in [5.74, 6) is 1.13. The summed E-state index contributed by atoms with van der Waals surface area (Å²) in [5.41, 5.74) is 1.61. The van der Waals surface area contributed by atoms with Crippen molar-refractivity contribution in [2.45, 2.75) is 13.3 Å². The Kier molecular flexibility index (Phi) is 6.22. The lowest BCUT2D eigenvalue weighted by Crippen LogP contribution is -2.26. The molecule has 25 heavy (non-hydrogen) atoms. The van der Waals surface area contributed by atoms with Crippen molar-refractivity contribution >= 4 is 5.91 Å². The molecule has 2 rings (SSSR count). The number of carbonyl (C=O) groups excluding carboxylic acids is 1. The summed E-state index contributed by atoms with van der Waals surface area (Å²) in [6.45, 7) is 2.01. The van der Waals surface area contributed by atoms with Crippen LogP contribution in [-0.4, -0.2) is 33.8 Å². The second kappa shape index (κ2) is 8.37. The van der Waals surface area contributed by atoms with Gasteiger partial charge < -0.3 is 19.5 Å². The summed E-state index contributed by atoms with van der Waals surface area (Å²) in [4.78, 5) is 12.1. The highest BCUT2D eigenvalue weighted by Crippen LogP contribution is 2.34. The van der Waals surface area contributed by atoms with Gasteiger partial charge in [-0.2, -0.15) is 0 Å². The fraction of sp³-hybridized carbons (Fsp3) is 0.316. The third-order valence-corrected chi connectivity index (χ3v) is 3.91. The van der Waals surface area contributed by atoms with E-state index in [9.17, 15) is 9.18 Å². The van der Waals surface area contributed by atoms with E-state index in [4.69, 9.17) is 14.2 Å². The highest BCUT2D eigenvalue weighted by molar-refractivity contribution is 5.94. The molecular weight excluding hydrogens is 325 g/mol. The normalized spacial score (nSPS) is 10.3. The molecule has 0 aliphatic carbocycles. The van der Waals surface area contributed by atoms with E-state index in [0.29, 0.717) is 35.8 Å². The number of aryl methyl sites for hydroxylation is 1. The van der Waals surface area contributed by atoms with Crippen LogP contribution in [0.3, 0.4) is 0 Å². The molecule has 0 aliphatic rings. The molecule has 0 fully saturated rings. The molecule has 0 bridgehead atoms. The van der Waals surface area contributed by atoms with Crippen molar-refractivity contribution in [3.63, 3.8) is 0 Å². The van der Waals surface area contributed by atoms with Crippen molar-refractivity contribution in [3.8, 4) is 17.2 Å². The van der Waals surface area contributed by atoms with Gasteiger partial charge in [0.1, 0.15) is 23.1 Å². The Labute approximate surface area is 146 Å². The number of carbonyl (C=O) groups is 1. The summed E-state index contributed by atoms with van der Waals surface area (Å²) in [6.07, 6.45) is 0.496. The van der Waals surface area contributed by atoms with Crippen LogP contribution in [0.15, 0.2) is 30.3 Å². The summed E-state index contributed by atoms with van der Waals surface area (Å²) in [6, 6.07) is 7.94. The quantitative estimate of drug-likeness (QED) is 0.836. The Hall–Kier alpha value is -2.76. The van der Waals surface area contributed by atoms with E-state index in [1.54, 1.807) is 52.5 Å². The number of hydrogen-bond acceptors (Lipinski definition) is 4. The summed E-state index contributed by atoms with van der Waals surface area (Å²) in [5, 5.41) is 2.78. The third kappa shape index (κ3) is 4.41. The molecular formula is C19H22FNO4. The molecule has 2 aromatic rings. The van der Waals surface area contributed by atoms with E-state index in [1.165, 1.54) is 6.07 Å². The maximum absolute atomic E-state index is 13.6. The molecule has 134 valence electrons. The number of nitrogens with one attached hydrogen (secondary N) is 1. The van der Waals surface area contributed by atoms with Crippen molar-refractivity contribution in [2.24, 2.45) is 0 Å². The minimum atomic E-state index is -0.397. The molecule has 0 aliphatic heterocycles. The van der Waals surface area contributed by atoms with Gasteiger partial charge in [-0.15, -0.1) is 0 Å². The van der Waals surface area contributed by atoms with Crippen LogP contribution in [0.2, 0.25) is 0 Å². The van der Waals surface area contributed by atoms with E-state index < -0.39 is 5.82 Å². The largest absolute Gasteiger partial charge is 0.496 e. The van der Waals surface area contributed by atoms with Crippen molar-refractivity contribution in [1.29, 1.82) is 0 Å². The Balaban J connectivity index is 2.08. The van der Waals surface area contributed by atoms with Gasteiger partial charge in [-0.1, -0.05) is 6.07 Å². The van der Waals surface area contributed by atoms with Gasteiger partial charge in [-0.25, -0.2) is 4.39 Å². The third-order valence-electron chi connectivity index (χ3n) is 3.91. The molecule has 1 amide bonds. The highest BCUT2D eigenvalue weighted by Gasteiger charge is 2.14. The Bertz CT molecular complexity index is 736. The van der Waals surface area contributed by atoms with Gasteiger partial charge in [0.25, 0.3) is 5.91 Å². The average molecular weight is 347 g/mol. The number of rotatable bonds is 7. The Morgan fingerprint density at radius 3 is 2.20 bits per heavy atom. The number of ether oxygens (including phenoxy) is 3. The molecule has 0 radical (unpaired) electrons. The van der Waals surface area contributed by atoms with Crippen LogP contribution in [0, 0.1) is 12.7 Å². The SMILES string of the molecule is COc1cc(OC)c(CCNC(=O)c2ccc(C)c(F)c2)c(OC)c1. The number of methoxy groups -OCH3 is 3. The van der Waals surface area contributed by atoms with Crippen LogP contribution < -0.4 is 19.5 Å². The number of hydrogen-bond donors (Lipinski definition) is 1. The second-order valence-electron chi connectivity index (χ2n) is 5.48. The van der Waals surface area contributed by atoms with E-state index in [2.05, 4.69) is 5.32 Å². The zero-order valence-corrected chi connectivity index (χ0v) is 14.8. The van der Waals surface area contributed by atoms with Crippen molar-refractivity contribution in [2.75, 3.05) is 27.9 Å². The van der Waals surface area contributed by atoms with Gasteiger partial charge in [-0.05, 0) is 31.0 Å². The van der Waals surface area contributed by atoms with Crippen LogP contribution >= 0.6 is 0 Å². The van der Waals surface area contributed by atoms with Crippen molar-refractivity contribution in [1.82, 2.24) is 5.32 Å². The monoisotopic (exact) mass is 347 g/mol. The van der Waals surface area contributed by atoms with Crippen LogP contribution in [0.4, 0.5) is 4.39 Å². The fourth-order valence-electron chi connectivity index (χ4n) is 2.46. The maximum atomic E-state index is 13.6. The zero-order chi connectivity index (χ0) is 18.4. The summed E-state index contributed by atoms with van der Waals surface area (Å²) >= 11 is 0. The van der Waals surface area contributed by atoms with Crippen LogP contribution in [0.1, 0.15) is 21.5 Å². The molecule has 6 heteroatoms. The van der Waals surface area contributed by atoms with Crippen LogP contribution in [-0.2, 0) is 6.42 Å². The first-order chi connectivity index (χ1) is 12.0. The lowest BCUT2D eigenvalue weighted by molar-refractivity contribution is 0.0953. The first-order valence-corrected chi connectivity index (χ1v) is 7.83. The second-order valence-corrected chi connectivity index (χ2v) is 5.48. The van der Waals surface area contributed by atoms with E-state index in [-0.39, 0.29) is 11.5 Å². The minimum absolute atomic E-state index is 0.289. The molecule has 0 atom stereocenters. The predicted molar refractivity (Wildman–Crippen MR) is 93.3 cm³/mol. The van der Waals surface area contributed by atoms with Crippen LogP contribution in [0.25, 0.3) is 0 Å². The van der Waals surface area contributed by atoms with Gasteiger partial charge >= 0.3 is 0 Å². The molecule has 0 spiro atoms. The summed E-state index contributed by atoms with van der Waals surface area (Å²) in [7, 11) is 4.69. The van der Waals surface area contributed by atoms with Crippen LogP contribution in [0.5, 0.6) is 17.2 Å². The maximum Gasteiger partial charge on any atom is 0.251 e. The Morgan fingerprint density at radius 2 is 1.68 bits per heavy atom. The van der Waals surface area contributed by atoms with E-state index in [1.807, 2.05) is 0 Å². The van der Waals surface area contributed by atoms with Gasteiger partial charge in [0.05, 0.1) is 21.3 Å². The van der Waals surface area contributed by atoms with Crippen molar-refractivity contribution < 1.29 is 23.4 Å². The standard InChI is InChI=1S/C19H22FNO4/c1-12-5-6-13(9-16(12)20)19(22)21-8-7-15-17(24-3)10-14(23-2)11-18(15)25-4/h5-6,9-11H,7-8H2,1-4H3,(H,21,22). The first kappa shape index (κ1) is 18.6. The molecule has 2 aromatic carbocycles. The van der Waals surface area contributed by atoms with Gasteiger partial charge in [0.15, 0.2) is 0 Å². The average Bonchev–Trinajstić information content (AvgIpc) is 2.63. The molecule has 0 heterocycles. The fourth-order valence-corrected chi connectivity index (χ4v) is 2.46. The lowest BCUT2D eigenvalue weighted by atomic mass is 10.1. The highest BCUT2D eigenvalue weighted by atomic mass is 19.1. The minimum Gasteiger partial charge on any atom is -0.496 e. The number of benzene rings is 2. The Morgan fingerprint density at radius 1 is 1.04 bits per heavy atom. The topological polar surface area (TPSA) is 56.8 Å². The molecule has 0 saturated carbocycles. The summed E-state index contributed by atoms with van der Waals surface area (Å²) < 4.78 is 29.5. The lowest BCUT2D eigenvalue weighted by Gasteiger charge is -2.15. The van der Waals surface area contributed by atoms with Gasteiger partial charge in [0, 0.05) is 29.8 Å². The van der Waals surface area contributed by atoms with E-state index >= 15 is 0 Å². The van der Waals surface area contributed by atoms with E-state index in [0.717, 1.165) is 5.56 Å². The van der Waals surface area contributed by atoms with Gasteiger partial charge in [0.2, 0.25) is 0 Å². The zero-order valence-electron chi connectivity index (χ0n) is 14.8. The molecule has 1 N–H and O–H groups in total. The van der Waals surface area contributed by atoms with Crippen molar-refractivity contribution in [3.05, 3.63) is 52.8 Å². The number of amides is 1. The first-order valence-electron chi connectivity index (χ1n) is 7.83. The smallest absolute Gasteiger partial charge is 0.251 e. The molecule has 5 nitrogen and oxygen atoms in total.